The van der Waals surface area contributed by atoms with E-state index in [4.69, 9.17) is 0 Å². The van der Waals surface area contributed by atoms with Crippen molar-refractivity contribution in [3.63, 3.8) is 0 Å². The zero-order valence-electron chi connectivity index (χ0n) is 20.7. The van der Waals surface area contributed by atoms with E-state index in [1.165, 1.54) is 48.5 Å². The average Bonchev–Trinajstić information content (AvgIpc) is 2.93. The largest absolute Gasteiger partial charge is 0.388 e. The lowest BCUT2D eigenvalue weighted by atomic mass is 9.78. The molecule has 0 radical (unpaired) electrons. The molecular formula is C30H26F2NO5P. The van der Waals surface area contributed by atoms with Crippen LogP contribution in [0.1, 0.15) is 36.1 Å². The van der Waals surface area contributed by atoms with Gasteiger partial charge in [-0.25, -0.2) is 8.78 Å². The maximum atomic E-state index is 13.6. The zero-order chi connectivity index (χ0) is 27.7. The van der Waals surface area contributed by atoms with E-state index in [0.717, 1.165) is 11.1 Å². The van der Waals surface area contributed by atoms with Crippen molar-refractivity contribution in [2.75, 3.05) is 4.90 Å². The third-order valence-electron chi connectivity index (χ3n) is 7.09. The minimum absolute atomic E-state index is 0.0732. The van der Waals surface area contributed by atoms with Gasteiger partial charge in [-0.05, 0) is 83.6 Å². The van der Waals surface area contributed by atoms with Crippen LogP contribution in [0.2, 0.25) is 0 Å². The average molecular weight is 550 g/mol. The number of carbonyl (C=O) groups excluding carboxylic acids is 1. The van der Waals surface area contributed by atoms with Gasteiger partial charge in [0.15, 0.2) is 0 Å². The summed E-state index contributed by atoms with van der Waals surface area (Å²) in [6.07, 6.45) is -0.183. The van der Waals surface area contributed by atoms with Crippen LogP contribution in [0, 0.1) is 17.6 Å². The van der Waals surface area contributed by atoms with Gasteiger partial charge in [0.05, 0.1) is 23.4 Å². The summed E-state index contributed by atoms with van der Waals surface area (Å²) in [7, 11) is -4.40. The van der Waals surface area contributed by atoms with Crippen LogP contribution in [-0.4, -0.2) is 20.8 Å². The number of β-lactam (4-membered cyclic amide) rings is 1. The van der Waals surface area contributed by atoms with E-state index in [2.05, 4.69) is 0 Å². The molecule has 1 aliphatic heterocycles. The number of amides is 1. The molecule has 6 nitrogen and oxygen atoms in total. The zero-order valence-corrected chi connectivity index (χ0v) is 21.6. The third-order valence-corrected chi connectivity index (χ3v) is 8.04. The number of hydrogen-bond donors (Lipinski definition) is 3. The molecule has 9 heteroatoms. The van der Waals surface area contributed by atoms with Gasteiger partial charge in [0.2, 0.25) is 5.91 Å². The molecule has 0 spiro atoms. The monoisotopic (exact) mass is 549 g/mol. The van der Waals surface area contributed by atoms with Crippen molar-refractivity contribution in [2.45, 2.75) is 25.0 Å². The van der Waals surface area contributed by atoms with Crippen LogP contribution >= 0.6 is 7.60 Å². The second-order valence-corrected chi connectivity index (χ2v) is 11.2. The number of halogens is 2. The molecule has 1 amide bonds. The lowest BCUT2D eigenvalue weighted by molar-refractivity contribution is -0.131. The molecular weight excluding hydrogens is 523 g/mol. The van der Waals surface area contributed by atoms with Crippen LogP contribution in [0.25, 0.3) is 11.1 Å². The normalized spacial score (nSPS) is 18.1. The van der Waals surface area contributed by atoms with Crippen molar-refractivity contribution in [2.24, 2.45) is 5.92 Å². The second-order valence-electron chi connectivity index (χ2n) is 9.60. The molecule has 1 aliphatic rings. The SMILES string of the molecule is O=C1C(CC[C@H](O)c2ccc(F)cc2)C(c2ccc(-c3cccc(P(=O)(O)O)c3)cc2)N1c1ccc(F)cc1. The number of aliphatic hydroxyl groups is 1. The number of nitrogens with zero attached hydrogens (tertiary/aromatic N) is 1. The molecule has 1 saturated heterocycles. The fourth-order valence-corrected chi connectivity index (χ4v) is 5.62. The molecule has 3 atom stereocenters. The molecule has 200 valence electrons. The Kier molecular flexibility index (Phi) is 7.47. The summed E-state index contributed by atoms with van der Waals surface area (Å²) in [6.45, 7) is 0. The topological polar surface area (TPSA) is 98.1 Å². The summed E-state index contributed by atoms with van der Waals surface area (Å²) < 4.78 is 38.5. The van der Waals surface area contributed by atoms with Gasteiger partial charge in [0, 0.05) is 5.69 Å². The fraction of sp³-hybridized carbons (Fsp3) is 0.167. The molecule has 1 fully saturated rings. The highest BCUT2D eigenvalue weighted by Crippen LogP contribution is 2.46. The van der Waals surface area contributed by atoms with Crippen LogP contribution in [0.15, 0.2) is 97.1 Å². The first kappa shape index (κ1) is 26.9. The van der Waals surface area contributed by atoms with E-state index in [0.29, 0.717) is 29.7 Å². The summed E-state index contributed by atoms with van der Waals surface area (Å²) >= 11 is 0. The Labute approximate surface area is 224 Å². The molecule has 1 heterocycles. The molecule has 0 bridgehead atoms. The first-order chi connectivity index (χ1) is 18.6. The summed E-state index contributed by atoms with van der Waals surface area (Å²) in [5, 5.41) is 10.6. The Morgan fingerprint density at radius 3 is 2.05 bits per heavy atom. The highest BCUT2D eigenvalue weighted by molar-refractivity contribution is 7.60. The highest BCUT2D eigenvalue weighted by atomic mass is 31.2. The van der Waals surface area contributed by atoms with E-state index in [1.54, 1.807) is 29.2 Å². The first-order valence-corrected chi connectivity index (χ1v) is 14.0. The Hall–Kier alpha value is -3.68. The molecule has 4 aromatic carbocycles. The van der Waals surface area contributed by atoms with Gasteiger partial charge in [-0.2, -0.15) is 0 Å². The smallest absolute Gasteiger partial charge is 0.356 e. The van der Waals surface area contributed by atoms with Crippen LogP contribution in [-0.2, 0) is 9.36 Å². The molecule has 5 rings (SSSR count). The number of hydrogen-bond acceptors (Lipinski definition) is 3. The number of benzene rings is 4. The predicted molar refractivity (Wildman–Crippen MR) is 144 cm³/mol. The Balaban J connectivity index is 1.41. The van der Waals surface area contributed by atoms with Crippen LogP contribution < -0.4 is 10.2 Å². The molecule has 0 saturated carbocycles. The van der Waals surface area contributed by atoms with Gasteiger partial charge in [-0.3, -0.25) is 9.36 Å². The van der Waals surface area contributed by atoms with Crippen LogP contribution in [0.3, 0.4) is 0 Å². The summed E-state index contributed by atoms with van der Waals surface area (Å²) in [5.41, 5.74) is 3.34. The van der Waals surface area contributed by atoms with Crippen molar-refractivity contribution in [3.8, 4) is 11.1 Å². The van der Waals surface area contributed by atoms with Gasteiger partial charge >= 0.3 is 7.60 Å². The Morgan fingerprint density at radius 1 is 0.821 bits per heavy atom. The van der Waals surface area contributed by atoms with Gasteiger partial charge < -0.3 is 19.8 Å². The van der Waals surface area contributed by atoms with Crippen molar-refractivity contribution in [1.29, 1.82) is 0 Å². The van der Waals surface area contributed by atoms with E-state index < -0.39 is 31.3 Å². The minimum atomic E-state index is -4.40. The maximum absolute atomic E-state index is 13.6. The second kappa shape index (κ2) is 10.8. The van der Waals surface area contributed by atoms with Gasteiger partial charge in [-0.15, -0.1) is 0 Å². The minimum Gasteiger partial charge on any atom is -0.388 e. The van der Waals surface area contributed by atoms with Crippen LogP contribution in [0.4, 0.5) is 14.5 Å². The first-order valence-electron chi connectivity index (χ1n) is 12.4. The van der Waals surface area contributed by atoms with Gasteiger partial charge in [-0.1, -0.05) is 48.5 Å². The van der Waals surface area contributed by atoms with E-state index in [1.807, 2.05) is 24.3 Å². The summed E-state index contributed by atoms with van der Waals surface area (Å²) in [6, 6.07) is 24.5. The quantitative estimate of drug-likeness (QED) is 0.195. The van der Waals surface area contributed by atoms with E-state index >= 15 is 0 Å². The molecule has 4 aromatic rings. The molecule has 0 aromatic heterocycles. The lowest BCUT2D eigenvalue weighted by Gasteiger charge is -2.48. The molecule has 2 unspecified atom stereocenters. The standard InChI is InChI=1S/C30H26F2NO5P/c31-23-10-8-20(9-11-23)28(34)17-16-27-29(33(30(27)35)25-14-12-24(32)13-15-25)21-6-4-19(5-7-21)22-2-1-3-26(18-22)39(36,37)38/h1-15,18,27-29,34H,16-17H2,(H2,36,37,38)/t27?,28-,29?/m0/s1. The third kappa shape index (κ3) is 5.70. The number of carbonyl (C=O) groups is 1. The van der Waals surface area contributed by atoms with Crippen LogP contribution in [0.5, 0.6) is 0 Å². The van der Waals surface area contributed by atoms with E-state index in [9.17, 15) is 33.0 Å². The number of aliphatic hydroxyl groups excluding tert-OH is 1. The van der Waals surface area contributed by atoms with Crippen molar-refractivity contribution in [1.82, 2.24) is 0 Å². The molecule has 39 heavy (non-hydrogen) atoms. The number of anilines is 1. The highest BCUT2D eigenvalue weighted by Gasteiger charge is 2.48. The Bertz CT molecular complexity index is 1520. The molecule has 0 aliphatic carbocycles. The summed E-state index contributed by atoms with van der Waals surface area (Å²) in [4.78, 5) is 33.9. The maximum Gasteiger partial charge on any atom is 0.356 e. The van der Waals surface area contributed by atoms with Crippen molar-refractivity contribution < 1.29 is 33.0 Å². The Morgan fingerprint density at radius 2 is 1.44 bits per heavy atom. The lowest BCUT2D eigenvalue weighted by Crippen LogP contribution is -2.55. The van der Waals surface area contributed by atoms with E-state index in [-0.39, 0.29) is 17.3 Å². The van der Waals surface area contributed by atoms with Crippen molar-refractivity contribution in [3.05, 3.63) is 120 Å². The van der Waals surface area contributed by atoms with Gasteiger partial charge in [0.25, 0.3) is 0 Å². The summed E-state index contributed by atoms with van der Waals surface area (Å²) in [5.74, 6) is -1.39. The fourth-order valence-electron chi connectivity index (χ4n) is 5.03. The number of rotatable bonds is 8. The van der Waals surface area contributed by atoms with Crippen molar-refractivity contribution >= 4 is 24.5 Å². The predicted octanol–water partition coefficient (Wildman–Crippen LogP) is 5.65. The molecule has 3 N–H and O–H groups in total. The van der Waals surface area contributed by atoms with Gasteiger partial charge in [0.1, 0.15) is 11.6 Å².